The van der Waals surface area contributed by atoms with E-state index in [2.05, 4.69) is 0 Å². The standard InChI is InChI=1S/C16H13Cl3O4/c1-21-12-6-5-11(13(9-12)22-2)4-3-10-7-14(16(17,18)19)23-15(20)8-10/h3-9H,1-2H3/b4-3+. The summed E-state index contributed by atoms with van der Waals surface area (Å²) in [6.45, 7) is 0. The van der Waals surface area contributed by atoms with E-state index in [0.717, 1.165) is 5.56 Å². The normalized spacial score (nSPS) is 11.7. The van der Waals surface area contributed by atoms with Gasteiger partial charge in [0.25, 0.3) is 0 Å². The van der Waals surface area contributed by atoms with E-state index in [1.165, 1.54) is 12.1 Å². The summed E-state index contributed by atoms with van der Waals surface area (Å²) in [7, 11) is 3.13. The lowest BCUT2D eigenvalue weighted by Crippen LogP contribution is -2.07. The Bertz CT molecular complexity index is 776. The summed E-state index contributed by atoms with van der Waals surface area (Å²) in [4.78, 5) is 11.6. The van der Waals surface area contributed by atoms with Crippen molar-refractivity contribution < 1.29 is 13.9 Å². The molecule has 0 unspecified atom stereocenters. The SMILES string of the molecule is COc1ccc(/C=C/c2cc(C(Cl)(Cl)Cl)oc(=O)c2)c(OC)c1. The molecule has 0 aliphatic heterocycles. The van der Waals surface area contributed by atoms with Gasteiger partial charge in [0.1, 0.15) is 11.5 Å². The minimum atomic E-state index is -1.80. The number of halogens is 3. The summed E-state index contributed by atoms with van der Waals surface area (Å²) in [6.07, 6.45) is 3.47. The maximum atomic E-state index is 11.6. The molecule has 0 aliphatic carbocycles. The van der Waals surface area contributed by atoms with Gasteiger partial charge < -0.3 is 13.9 Å². The number of hydrogen-bond donors (Lipinski definition) is 0. The summed E-state index contributed by atoms with van der Waals surface area (Å²) < 4.78 is 13.5. The quantitative estimate of drug-likeness (QED) is 0.730. The predicted molar refractivity (Wildman–Crippen MR) is 92.7 cm³/mol. The fraction of sp³-hybridized carbons (Fsp3) is 0.188. The molecule has 23 heavy (non-hydrogen) atoms. The molecule has 2 rings (SSSR count). The molecule has 1 aromatic heterocycles. The van der Waals surface area contributed by atoms with E-state index in [4.69, 9.17) is 48.7 Å². The molecule has 122 valence electrons. The first-order chi connectivity index (χ1) is 10.8. The van der Waals surface area contributed by atoms with Crippen molar-refractivity contribution in [3.05, 3.63) is 57.6 Å². The van der Waals surface area contributed by atoms with E-state index >= 15 is 0 Å². The number of methoxy groups -OCH3 is 2. The number of benzene rings is 1. The van der Waals surface area contributed by atoms with Crippen molar-refractivity contribution in [2.45, 2.75) is 3.79 Å². The smallest absolute Gasteiger partial charge is 0.336 e. The van der Waals surface area contributed by atoms with Crippen LogP contribution in [0.4, 0.5) is 0 Å². The third kappa shape index (κ3) is 4.67. The number of hydrogen-bond acceptors (Lipinski definition) is 4. The Hall–Kier alpha value is -1.62. The second kappa shape index (κ2) is 7.30. The van der Waals surface area contributed by atoms with Crippen LogP contribution in [-0.2, 0) is 3.79 Å². The van der Waals surface area contributed by atoms with Crippen molar-refractivity contribution in [2.75, 3.05) is 14.2 Å². The lowest BCUT2D eigenvalue weighted by molar-refractivity contribution is 0.394. The molecule has 0 saturated heterocycles. The van der Waals surface area contributed by atoms with Crippen LogP contribution in [0.25, 0.3) is 12.2 Å². The molecule has 0 N–H and O–H groups in total. The minimum absolute atomic E-state index is 0.0451. The Morgan fingerprint density at radius 3 is 2.39 bits per heavy atom. The number of rotatable bonds is 4. The Morgan fingerprint density at radius 2 is 1.78 bits per heavy atom. The average molecular weight is 376 g/mol. The molecule has 0 aliphatic rings. The highest BCUT2D eigenvalue weighted by Crippen LogP contribution is 2.38. The van der Waals surface area contributed by atoms with Crippen LogP contribution in [0, 0.1) is 0 Å². The predicted octanol–water partition coefficient (Wildman–Crippen LogP) is 4.65. The lowest BCUT2D eigenvalue weighted by Gasteiger charge is -2.09. The molecule has 0 saturated carbocycles. The van der Waals surface area contributed by atoms with E-state index < -0.39 is 9.42 Å². The van der Waals surface area contributed by atoms with E-state index in [9.17, 15) is 4.79 Å². The van der Waals surface area contributed by atoms with Crippen molar-refractivity contribution in [2.24, 2.45) is 0 Å². The zero-order chi connectivity index (χ0) is 17.0. The zero-order valence-corrected chi connectivity index (χ0v) is 14.6. The summed E-state index contributed by atoms with van der Waals surface area (Å²) in [6, 6.07) is 8.17. The molecule has 4 nitrogen and oxygen atoms in total. The van der Waals surface area contributed by atoms with Crippen LogP contribution in [0.15, 0.2) is 39.5 Å². The van der Waals surface area contributed by atoms with E-state index in [1.54, 1.807) is 38.5 Å². The molecule has 7 heteroatoms. The van der Waals surface area contributed by atoms with Gasteiger partial charge in [0, 0.05) is 17.7 Å². The topological polar surface area (TPSA) is 48.7 Å². The van der Waals surface area contributed by atoms with Gasteiger partial charge in [0.2, 0.25) is 3.79 Å². The second-order valence-electron chi connectivity index (χ2n) is 4.51. The van der Waals surface area contributed by atoms with Crippen molar-refractivity contribution in [1.82, 2.24) is 0 Å². The minimum Gasteiger partial charge on any atom is -0.497 e. The van der Waals surface area contributed by atoms with Crippen LogP contribution in [0.5, 0.6) is 11.5 Å². The van der Waals surface area contributed by atoms with Gasteiger partial charge in [-0.15, -0.1) is 0 Å². The van der Waals surface area contributed by atoms with Gasteiger partial charge in [0.05, 0.1) is 14.2 Å². The monoisotopic (exact) mass is 374 g/mol. The van der Waals surface area contributed by atoms with Crippen LogP contribution < -0.4 is 15.1 Å². The maximum Gasteiger partial charge on any atom is 0.336 e. The molecule has 0 amide bonds. The second-order valence-corrected chi connectivity index (χ2v) is 6.79. The molecule has 0 spiro atoms. The zero-order valence-electron chi connectivity index (χ0n) is 12.3. The van der Waals surface area contributed by atoms with Gasteiger partial charge in [-0.2, -0.15) is 0 Å². The van der Waals surface area contributed by atoms with Gasteiger partial charge in [-0.1, -0.05) is 47.0 Å². The van der Waals surface area contributed by atoms with Crippen LogP contribution >= 0.6 is 34.8 Å². The summed E-state index contributed by atoms with van der Waals surface area (Å²) in [5, 5.41) is 0. The largest absolute Gasteiger partial charge is 0.497 e. The van der Waals surface area contributed by atoms with Gasteiger partial charge in [-0.05, 0) is 23.8 Å². The number of ether oxygens (including phenoxy) is 2. The van der Waals surface area contributed by atoms with Gasteiger partial charge in [0.15, 0.2) is 5.76 Å². The molecular formula is C16H13Cl3O4. The lowest BCUT2D eigenvalue weighted by atomic mass is 10.1. The van der Waals surface area contributed by atoms with Gasteiger partial charge >= 0.3 is 5.63 Å². The first kappa shape index (κ1) is 17.7. The molecule has 1 heterocycles. The molecule has 1 aromatic carbocycles. The molecule has 0 bridgehead atoms. The van der Waals surface area contributed by atoms with Crippen molar-refractivity contribution in [1.29, 1.82) is 0 Å². The third-order valence-electron chi connectivity index (χ3n) is 2.97. The Labute approximate surface area is 148 Å². The van der Waals surface area contributed by atoms with E-state index in [0.29, 0.717) is 17.1 Å². The fourth-order valence-corrected chi connectivity index (χ4v) is 2.15. The molecular weight excluding hydrogens is 363 g/mol. The molecule has 0 atom stereocenters. The number of alkyl halides is 3. The van der Waals surface area contributed by atoms with Gasteiger partial charge in [-0.25, -0.2) is 4.79 Å². The van der Waals surface area contributed by atoms with Crippen LogP contribution in [0.1, 0.15) is 16.9 Å². The highest BCUT2D eigenvalue weighted by Gasteiger charge is 2.26. The molecule has 2 aromatic rings. The van der Waals surface area contributed by atoms with Crippen LogP contribution in [0.3, 0.4) is 0 Å². The van der Waals surface area contributed by atoms with E-state index in [1.807, 2.05) is 6.07 Å². The molecule has 0 fully saturated rings. The van der Waals surface area contributed by atoms with Crippen molar-refractivity contribution >= 4 is 47.0 Å². The molecule has 0 radical (unpaired) electrons. The first-order valence-electron chi connectivity index (χ1n) is 6.46. The van der Waals surface area contributed by atoms with Crippen molar-refractivity contribution in [3.63, 3.8) is 0 Å². The summed E-state index contributed by atoms with van der Waals surface area (Å²) in [5.74, 6) is 1.26. The fourth-order valence-electron chi connectivity index (χ4n) is 1.87. The summed E-state index contributed by atoms with van der Waals surface area (Å²) >= 11 is 17.2. The maximum absolute atomic E-state index is 11.6. The van der Waals surface area contributed by atoms with Crippen LogP contribution in [0.2, 0.25) is 0 Å². The Morgan fingerprint density at radius 1 is 1.04 bits per heavy atom. The van der Waals surface area contributed by atoms with Crippen LogP contribution in [-0.4, -0.2) is 14.2 Å². The Balaban J connectivity index is 2.37. The van der Waals surface area contributed by atoms with E-state index in [-0.39, 0.29) is 5.76 Å². The highest BCUT2D eigenvalue weighted by molar-refractivity contribution is 6.66. The first-order valence-corrected chi connectivity index (χ1v) is 7.59. The summed E-state index contributed by atoms with van der Waals surface area (Å²) in [5.41, 5.74) is 0.743. The average Bonchev–Trinajstić information content (AvgIpc) is 2.51. The van der Waals surface area contributed by atoms with Gasteiger partial charge in [-0.3, -0.25) is 0 Å². The highest BCUT2D eigenvalue weighted by atomic mass is 35.6. The van der Waals surface area contributed by atoms with Crippen molar-refractivity contribution in [3.8, 4) is 11.5 Å². The third-order valence-corrected chi connectivity index (χ3v) is 3.53. The Kier molecular flexibility index (Phi) is 5.63.